The lowest BCUT2D eigenvalue weighted by Gasteiger charge is -2.33. The van der Waals surface area contributed by atoms with Crippen molar-refractivity contribution in [1.29, 1.82) is 0 Å². The summed E-state index contributed by atoms with van der Waals surface area (Å²) in [7, 11) is 0. The van der Waals surface area contributed by atoms with Gasteiger partial charge in [-0.1, -0.05) is 6.42 Å². The molecule has 0 aromatic carbocycles. The Hall–Kier alpha value is -1.81. The summed E-state index contributed by atoms with van der Waals surface area (Å²) in [5.74, 6) is -2.06. The number of aromatic amines is 1. The van der Waals surface area contributed by atoms with Gasteiger partial charge in [0, 0.05) is 17.7 Å². The Kier molecular flexibility index (Phi) is 3.62. The van der Waals surface area contributed by atoms with Crippen LogP contribution in [0.3, 0.4) is 0 Å². The number of rotatable bonds is 4. The van der Waals surface area contributed by atoms with E-state index in [1.165, 1.54) is 5.94 Å². The molecule has 0 amide bonds. The molecule has 1 saturated carbocycles. The molecule has 1 aliphatic rings. The number of carbonyl (C=O) groups excluding carboxylic acids is 1. The third-order valence-electron chi connectivity index (χ3n) is 3.50. The van der Waals surface area contributed by atoms with E-state index in [1.807, 2.05) is 0 Å². The molecule has 1 heterocycles. The maximum atomic E-state index is 13.9. The Morgan fingerprint density at radius 1 is 1.53 bits per heavy atom. The molecule has 0 radical (unpaired) electrons. The fourth-order valence-electron chi connectivity index (χ4n) is 2.10. The zero-order chi connectivity index (χ0) is 14.0. The van der Waals surface area contributed by atoms with Crippen LogP contribution in [0.2, 0.25) is 0 Å². The molecule has 1 aromatic heterocycles. The number of aryl methyl sites for hydroxylation is 1. The predicted octanol–water partition coefficient (Wildman–Crippen LogP) is 1.90. The van der Waals surface area contributed by atoms with Crippen molar-refractivity contribution in [3.63, 3.8) is 0 Å². The number of halogens is 2. The van der Waals surface area contributed by atoms with E-state index in [9.17, 15) is 18.4 Å². The van der Waals surface area contributed by atoms with E-state index >= 15 is 0 Å². The summed E-state index contributed by atoms with van der Waals surface area (Å²) in [5.41, 5.74) is -0.318. The van der Waals surface area contributed by atoms with E-state index in [0.29, 0.717) is 18.5 Å². The topological polar surface area (TPSA) is 62.8 Å². The van der Waals surface area contributed by atoms with Gasteiger partial charge in [-0.3, -0.25) is 4.79 Å². The molecule has 0 saturated heterocycles. The molecule has 1 aliphatic carbocycles. The highest BCUT2D eigenvalue weighted by Crippen LogP contribution is 2.41. The average molecular weight is 268 g/mol. The second-order valence-electron chi connectivity index (χ2n) is 4.85. The SMILES string of the molecule is Cc1[nH]c(=O)c(CC(F)(F)C2CCC2)nc1C=C=O. The number of alkyl halides is 2. The van der Waals surface area contributed by atoms with Crippen LogP contribution < -0.4 is 5.56 Å². The largest absolute Gasteiger partial charge is 0.323 e. The highest BCUT2D eigenvalue weighted by Gasteiger charge is 2.43. The first kappa shape index (κ1) is 13.6. The van der Waals surface area contributed by atoms with Crippen molar-refractivity contribution in [3.05, 3.63) is 27.4 Å². The fraction of sp³-hybridized carbons (Fsp3) is 0.538. The van der Waals surface area contributed by atoms with Gasteiger partial charge in [-0.25, -0.2) is 18.6 Å². The molecule has 19 heavy (non-hydrogen) atoms. The molecule has 6 heteroatoms. The van der Waals surface area contributed by atoms with E-state index in [1.54, 1.807) is 6.92 Å². The van der Waals surface area contributed by atoms with Crippen LogP contribution in [0.1, 0.15) is 36.3 Å². The Bertz CT molecular complexity index is 585. The minimum absolute atomic E-state index is 0.175. The Balaban J connectivity index is 2.31. The van der Waals surface area contributed by atoms with E-state index in [-0.39, 0.29) is 11.4 Å². The number of hydrogen-bond acceptors (Lipinski definition) is 3. The predicted molar refractivity (Wildman–Crippen MR) is 65.7 cm³/mol. The Labute approximate surface area is 108 Å². The number of aromatic nitrogens is 2. The third-order valence-corrected chi connectivity index (χ3v) is 3.50. The molecule has 2 rings (SSSR count). The van der Waals surface area contributed by atoms with Gasteiger partial charge in [-0.2, -0.15) is 0 Å². The fourth-order valence-corrected chi connectivity index (χ4v) is 2.10. The summed E-state index contributed by atoms with van der Waals surface area (Å²) in [6.07, 6.45) is 2.11. The zero-order valence-corrected chi connectivity index (χ0v) is 10.5. The van der Waals surface area contributed by atoms with Crippen LogP contribution >= 0.6 is 0 Å². The maximum Gasteiger partial charge on any atom is 0.270 e. The van der Waals surface area contributed by atoms with E-state index in [4.69, 9.17) is 0 Å². The van der Waals surface area contributed by atoms with Crippen molar-refractivity contribution in [1.82, 2.24) is 9.97 Å². The molecular formula is C13H14F2N2O2. The second kappa shape index (κ2) is 5.05. The monoisotopic (exact) mass is 268 g/mol. The number of nitrogens with one attached hydrogen (secondary N) is 1. The summed E-state index contributed by atoms with van der Waals surface area (Å²) in [6.45, 7) is 1.55. The van der Waals surface area contributed by atoms with Crippen LogP contribution in [0.25, 0.3) is 6.08 Å². The average Bonchev–Trinajstić information content (AvgIpc) is 2.21. The van der Waals surface area contributed by atoms with Crippen LogP contribution in [0.15, 0.2) is 4.79 Å². The van der Waals surface area contributed by atoms with Gasteiger partial charge >= 0.3 is 0 Å². The lowest BCUT2D eigenvalue weighted by atomic mass is 9.79. The Morgan fingerprint density at radius 3 is 2.74 bits per heavy atom. The minimum atomic E-state index is -2.92. The summed E-state index contributed by atoms with van der Waals surface area (Å²) >= 11 is 0. The molecule has 0 bridgehead atoms. The molecular weight excluding hydrogens is 254 g/mol. The van der Waals surface area contributed by atoms with Gasteiger partial charge < -0.3 is 4.98 Å². The summed E-state index contributed by atoms with van der Waals surface area (Å²) in [4.78, 5) is 28.2. The lowest BCUT2D eigenvalue weighted by molar-refractivity contribution is -0.0870. The summed E-state index contributed by atoms with van der Waals surface area (Å²) in [6, 6.07) is 0. The minimum Gasteiger partial charge on any atom is -0.323 e. The van der Waals surface area contributed by atoms with Gasteiger partial charge in [0.15, 0.2) is 0 Å². The zero-order valence-electron chi connectivity index (χ0n) is 10.5. The van der Waals surface area contributed by atoms with Gasteiger partial charge in [0.05, 0.1) is 12.1 Å². The quantitative estimate of drug-likeness (QED) is 0.848. The number of nitrogens with zero attached hydrogens (tertiary/aromatic N) is 1. The van der Waals surface area contributed by atoms with E-state index < -0.39 is 23.8 Å². The Morgan fingerprint density at radius 2 is 2.21 bits per heavy atom. The third kappa shape index (κ3) is 2.79. The first-order valence-electron chi connectivity index (χ1n) is 6.12. The normalized spacial score (nSPS) is 15.7. The highest BCUT2D eigenvalue weighted by atomic mass is 19.3. The van der Waals surface area contributed by atoms with Crippen molar-refractivity contribution in [2.24, 2.45) is 5.92 Å². The van der Waals surface area contributed by atoms with Gasteiger partial charge in [0.1, 0.15) is 11.6 Å². The van der Waals surface area contributed by atoms with Crippen molar-refractivity contribution >= 4 is 12.0 Å². The smallest absolute Gasteiger partial charge is 0.270 e. The van der Waals surface area contributed by atoms with Gasteiger partial charge in [0.2, 0.25) is 0 Å². The molecule has 0 spiro atoms. The van der Waals surface area contributed by atoms with Crippen LogP contribution in [0, 0.1) is 12.8 Å². The molecule has 1 N–H and O–H groups in total. The molecule has 0 unspecified atom stereocenters. The highest BCUT2D eigenvalue weighted by molar-refractivity contribution is 5.73. The standard InChI is InChI=1S/C13H14F2N2O2/c1-8-10(5-6-18)17-11(12(19)16-8)7-13(14,15)9-3-2-4-9/h5,9H,2-4,7H2,1H3,(H,16,19). The van der Waals surface area contributed by atoms with Gasteiger partial charge in [-0.05, 0) is 19.8 Å². The molecule has 4 nitrogen and oxygen atoms in total. The van der Waals surface area contributed by atoms with Crippen molar-refractivity contribution in [3.8, 4) is 0 Å². The summed E-state index contributed by atoms with van der Waals surface area (Å²) < 4.78 is 27.7. The molecule has 0 aliphatic heterocycles. The number of hydrogen-bond donors (Lipinski definition) is 1. The summed E-state index contributed by atoms with van der Waals surface area (Å²) in [5, 5.41) is 0. The first-order valence-corrected chi connectivity index (χ1v) is 6.12. The first-order chi connectivity index (χ1) is 8.94. The van der Waals surface area contributed by atoms with Gasteiger partial charge in [0.25, 0.3) is 11.5 Å². The van der Waals surface area contributed by atoms with Crippen molar-refractivity contribution in [2.45, 2.75) is 38.5 Å². The number of H-pyrrole nitrogens is 1. The molecule has 0 atom stereocenters. The molecule has 1 fully saturated rings. The van der Waals surface area contributed by atoms with E-state index in [2.05, 4.69) is 9.97 Å². The van der Waals surface area contributed by atoms with Crippen LogP contribution in [0.5, 0.6) is 0 Å². The molecule has 102 valence electrons. The molecule has 1 aromatic rings. The van der Waals surface area contributed by atoms with Crippen LogP contribution in [0.4, 0.5) is 8.78 Å². The lowest BCUT2D eigenvalue weighted by Crippen LogP contribution is -2.37. The van der Waals surface area contributed by atoms with E-state index in [0.717, 1.165) is 12.5 Å². The maximum absolute atomic E-state index is 13.9. The second-order valence-corrected chi connectivity index (χ2v) is 4.85. The van der Waals surface area contributed by atoms with Crippen LogP contribution in [-0.4, -0.2) is 21.8 Å². The van der Waals surface area contributed by atoms with Crippen molar-refractivity contribution in [2.75, 3.05) is 0 Å². The van der Waals surface area contributed by atoms with Crippen LogP contribution in [-0.2, 0) is 11.2 Å². The van der Waals surface area contributed by atoms with Gasteiger partial charge in [-0.15, -0.1) is 0 Å². The van der Waals surface area contributed by atoms with Crippen molar-refractivity contribution < 1.29 is 13.6 Å².